The van der Waals surface area contributed by atoms with Crippen molar-refractivity contribution in [3.8, 4) is 22.9 Å². The first-order chi connectivity index (χ1) is 26.3. The van der Waals surface area contributed by atoms with Crippen molar-refractivity contribution in [1.29, 1.82) is 0 Å². The summed E-state index contributed by atoms with van der Waals surface area (Å²) in [7, 11) is 0. The lowest BCUT2D eigenvalue weighted by Gasteiger charge is -2.12. The topological polar surface area (TPSA) is 35.6 Å². The minimum Gasteiger partial charge on any atom is -0.309 e. The number of aromatic nitrogens is 4. The Hall–Kier alpha value is -6.82. The molecule has 0 amide bonds. The standard InChI is InChI=1S/C48H28N4S/c1-3-13-30(14-4-1)46-32-17-7-10-20-36(32)49-48(50-46)52-39-27-24-29-23-26-38-43(33-18-8-11-21-37(33)51(38)31-15-5-2-6-16-31)42(29)44(39)35-25-28-41-45(47(35)52)34-19-9-12-22-40(34)53-41/h1-28H. The summed E-state index contributed by atoms with van der Waals surface area (Å²) in [4.78, 5) is 10.8. The van der Waals surface area contributed by atoms with E-state index >= 15 is 0 Å². The number of thiophene rings is 1. The Labute approximate surface area is 307 Å². The van der Waals surface area contributed by atoms with Gasteiger partial charge in [-0.05, 0) is 53.9 Å². The first-order valence-corrected chi connectivity index (χ1v) is 18.7. The molecule has 0 radical (unpaired) electrons. The third-order valence-electron chi connectivity index (χ3n) is 10.9. The molecule has 12 rings (SSSR count). The molecule has 4 heterocycles. The van der Waals surface area contributed by atoms with Gasteiger partial charge in [0.2, 0.25) is 5.95 Å². The van der Waals surface area contributed by atoms with Crippen LogP contribution in [0, 0.1) is 0 Å². The summed E-state index contributed by atoms with van der Waals surface area (Å²) in [6.07, 6.45) is 0. The van der Waals surface area contributed by atoms with Gasteiger partial charge in [0.1, 0.15) is 0 Å². The highest BCUT2D eigenvalue weighted by Crippen LogP contribution is 2.47. The third-order valence-corrected chi connectivity index (χ3v) is 12.0. The predicted molar refractivity (Wildman–Crippen MR) is 224 cm³/mol. The lowest BCUT2D eigenvalue weighted by molar-refractivity contribution is 1.02. The summed E-state index contributed by atoms with van der Waals surface area (Å²) in [6, 6.07) is 61.0. The van der Waals surface area contributed by atoms with Gasteiger partial charge < -0.3 is 4.57 Å². The van der Waals surface area contributed by atoms with E-state index in [9.17, 15) is 0 Å². The Morgan fingerprint density at radius 3 is 1.89 bits per heavy atom. The average Bonchev–Trinajstić information content (AvgIpc) is 3.88. The molecule has 0 saturated heterocycles. The van der Waals surface area contributed by atoms with Crippen molar-refractivity contribution in [3.63, 3.8) is 0 Å². The van der Waals surface area contributed by atoms with E-state index in [1.165, 1.54) is 63.5 Å². The van der Waals surface area contributed by atoms with Gasteiger partial charge in [-0.3, -0.25) is 4.57 Å². The van der Waals surface area contributed by atoms with Gasteiger partial charge in [0.25, 0.3) is 0 Å². The molecule has 12 aromatic rings. The van der Waals surface area contributed by atoms with Crippen molar-refractivity contribution < 1.29 is 0 Å². The fraction of sp³-hybridized carbons (Fsp3) is 0. The van der Waals surface area contributed by atoms with E-state index in [1.54, 1.807) is 0 Å². The molecule has 0 spiro atoms. The molecular weight excluding hydrogens is 665 g/mol. The predicted octanol–water partition coefficient (Wildman–Crippen LogP) is 13.0. The monoisotopic (exact) mass is 692 g/mol. The van der Waals surface area contributed by atoms with Crippen molar-refractivity contribution >= 4 is 96.8 Å². The SMILES string of the molecule is c1ccc(-c2nc(-n3c4ccc5ccc6c(c7ccccc7n6-c6ccccc6)c5c4c4ccc5sc6ccccc6c5c43)nc3ccccc23)cc1. The molecule has 4 nitrogen and oxygen atoms in total. The second-order valence-electron chi connectivity index (χ2n) is 13.7. The van der Waals surface area contributed by atoms with Gasteiger partial charge in [0.05, 0.1) is 33.3 Å². The van der Waals surface area contributed by atoms with Gasteiger partial charge in [0, 0.05) is 63.7 Å². The van der Waals surface area contributed by atoms with Gasteiger partial charge >= 0.3 is 0 Å². The van der Waals surface area contributed by atoms with Crippen LogP contribution >= 0.6 is 11.3 Å². The molecule has 0 aliphatic carbocycles. The van der Waals surface area contributed by atoms with Gasteiger partial charge in [0.15, 0.2) is 0 Å². The van der Waals surface area contributed by atoms with Gasteiger partial charge in [-0.2, -0.15) is 0 Å². The van der Waals surface area contributed by atoms with Crippen LogP contribution in [0.2, 0.25) is 0 Å². The van der Waals surface area contributed by atoms with Crippen LogP contribution in [0.5, 0.6) is 0 Å². The summed E-state index contributed by atoms with van der Waals surface area (Å²) in [6.45, 7) is 0. The van der Waals surface area contributed by atoms with Crippen LogP contribution in [0.3, 0.4) is 0 Å². The lowest BCUT2D eigenvalue weighted by Crippen LogP contribution is -2.03. The molecule has 0 fully saturated rings. The van der Waals surface area contributed by atoms with E-state index < -0.39 is 0 Å². The first-order valence-electron chi connectivity index (χ1n) is 17.9. The van der Waals surface area contributed by atoms with Crippen LogP contribution in [-0.2, 0) is 0 Å². The number of hydrogen-bond donors (Lipinski definition) is 0. The first kappa shape index (κ1) is 28.8. The molecule has 0 aliphatic heterocycles. The molecule has 5 heteroatoms. The lowest BCUT2D eigenvalue weighted by atomic mass is 9.98. The highest BCUT2D eigenvalue weighted by molar-refractivity contribution is 7.26. The van der Waals surface area contributed by atoms with Crippen LogP contribution in [-0.4, -0.2) is 19.1 Å². The van der Waals surface area contributed by atoms with E-state index in [2.05, 4.69) is 179 Å². The highest BCUT2D eigenvalue weighted by Gasteiger charge is 2.24. The summed E-state index contributed by atoms with van der Waals surface area (Å²) in [5, 5.41) is 10.9. The fourth-order valence-electron chi connectivity index (χ4n) is 8.72. The van der Waals surface area contributed by atoms with Crippen LogP contribution in [0.1, 0.15) is 0 Å². The molecule has 0 aliphatic rings. The zero-order valence-corrected chi connectivity index (χ0v) is 29.2. The molecule has 246 valence electrons. The van der Waals surface area contributed by atoms with Crippen molar-refractivity contribution in [1.82, 2.24) is 19.1 Å². The molecule has 0 saturated carbocycles. The quantitative estimate of drug-likeness (QED) is 0.185. The third kappa shape index (κ3) is 4.00. The number of fused-ring (bicyclic) bond motifs is 14. The minimum atomic E-state index is 0.670. The molecule has 8 aromatic carbocycles. The second-order valence-corrected chi connectivity index (χ2v) is 14.8. The van der Waals surface area contributed by atoms with Crippen molar-refractivity contribution in [2.24, 2.45) is 0 Å². The molecule has 0 bridgehead atoms. The number of nitrogens with zero attached hydrogens (tertiary/aromatic N) is 4. The average molecular weight is 693 g/mol. The summed E-state index contributed by atoms with van der Waals surface area (Å²) < 4.78 is 7.28. The van der Waals surface area contributed by atoms with E-state index in [0.717, 1.165) is 38.9 Å². The molecular formula is C48H28N4S. The Morgan fingerprint density at radius 1 is 0.396 bits per heavy atom. The van der Waals surface area contributed by atoms with Gasteiger partial charge in [-0.25, -0.2) is 9.97 Å². The zero-order chi connectivity index (χ0) is 34.6. The smallest absolute Gasteiger partial charge is 0.235 e. The Kier molecular flexibility index (Phi) is 5.90. The van der Waals surface area contributed by atoms with Gasteiger partial charge in [-0.1, -0.05) is 121 Å². The van der Waals surface area contributed by atoms with Crippen LogP contribution < -0.4 is 0 Å². The molecule has 4 aromatic heterocycles. The van der Waals surface area contributed by atoms with Gasteiger partial charge in [-0.15, -0.1) is 11.3 Å². The van der Waals surface area contributed by atoms with E-state index in [4.69, 9.17) is 9.97 Å². The maximum atomic E-state index is 5.47. The number of benzene rings is 8. The van der Waals surface area contributed by atoms with E-state index in [1.807, 2.05) is 11.3 Å². The fourth-order valence-corrected chi connectivity index (χ4v) is 9.83. The summed E-state index contributed by atoms with van der Waals surface area (Å²) in [5.74, 6) is 0.670. The van der Waals surface area contributed by atoms with Crippen molar-refractivity contribution in [2.75, 3.05) is 0 Å². The highest BCUT2D eigenvalue weighted by atomic mass is 32.1. The van der Waals surface area contributed by atoms with Crippen LogP contribution in [0.15, 0.2) is 170 Å². The zero-order valence-electron chi connectivity index (χ0n) is 28.4. The van der Waals surface area contributed by atoms with Crippen molar-refractivity contribution in [2.45, 2.75) is 0 Å². The Morgan fingerprint density at radius 2 is 1.06 bits per heavy atom. The number of para-hydroxylation sites is 3. The van der Waals surface area contributed by atoms with Crippen LogP contribution in [0.25, 0.3) is 108 Å². The number of rotatable bonds is 3. The summed E-state index contributed by atoms with van der Waals surface area (Å²) >= 11 is 1.84. The largest absolute Gasteiger partial charge is 0.309 e. The van der Waals surface area contributed by atoms with Crippen LogP contribution in [0.4, 0.5) is 0 Å². The summed E-state index contributed by atoms with van der Waals surface area (Å²) in [5.41, 5.74) is 8.68. The van der Waals surface area contributed by atoms with E-state index in [0.29, 0.717) is 5.95 Å². The Bertz CT molecular complexity index is 3450. The molecule has 0 unspecified atom stereocenters. The molecule has 0 atom stereocenters. The normalized spacial score (nSPS) is 12.2. The Balaban J connectivity index is 1.32. The maximum absolute atomic E-state index is 5.47. The van der Waals surface area contributed by atoms with Crippen molar-refractivity contribution in [3.05, 3.63) is 170 Å². The minimum absolute atomic E-state index is 0.670. The maximum Gasteiger partial charge on any atom is 0.235 e. The number of hydrogen-bond acceptors (Lipinski definition) is 3. The second kappa shape index (κ2) is 10.8. The molecule has 53 heavy (non-hydrogen) atoms. The van der Waals surface area contributed by atoms with E-state index in [-0.39, 0.29) is 0 Å². The molecule has 0 N–H and O–H groups in total.